The van der Waals surface area contributed by atoms with Crippen molar-refractivity contribution >= 4 is 33.0 Å². The molecular formula is C15H15BrN2S. The Hall–Kier alpha value is -1.31. The van der Waals surface area contributed by atoms with Crippen molar-refractivity contribution in [3.05, 3.63) is 50.6 Å². The van der Waals surface area contributed by atoms with Crippen molar-refractivity contribution in [2.45, 2.75) is 19.3 Å². The number of hydrogen-bond acceptors (Lipinski definition) is 3. The van der Waals surface area contributed by atoms with E-state index in [9.17, 15) is 0 Å². The van der Waals surface area contributed by atoms with Crippen LogP contribution in [0.5, 0.6) is 0 Å². The molecule has 4 heteroatoms. The largest absolute Gasteiger partial charge is 0.383 e. The first-order valence-electron chi connectivity index (χ1n) is 6.00. The third-order valence-electron chi connectivity index (χ3n) is 3.01. The maximum absolute atomic E-state index is 8.85. The first-order chi connectivity index (χ1) is 9.03. The van der Waals surface area contributed by atoms with Gasteiger partial charge in [-0.1, -0.05) is 19.9 Å². The van der Waals surface area contributed by atoms with Gasteiger partial charge < -0.3 is 5.32 Å². The summed E-state index contributed by atoms with van der Waals surface area (Å²) in [6.45, 7) is 5.30. The lowest BCUT2D eigenvalue weighted by atomic mass is 9.91. The van der Waals surface area contributed by atoms with Crippen molar-refractivity contribution in [2.75, 3.05) is 11.9 Å². The molecule has 0 atom stereocenters. The van der Waals surface area contributed by atoms with Crippen LogP contribution in [-0.2, 0) is 5.41 Å². The number of nitriles is 1. The Labute approximate surface area is 126 Å². The van der Waals surface area contributed by atoms with Gasteiger partial charge >= 0.3 is 0 Å². The molecule has 0 spiro atoms. The lowest BCUT2D eigenvalue weighted by molar-refractivity contribution is 0.569. The minimum absolute atomic E-state index is 0.0848. The summed E-state index contributed by atoms with van der Waals surface area (Å²) in [4.78, 5) is 1.37. The molecule has 0 bridgehead atoms. The van der Waals surface area contributed by atoms with E-state index in [1.807, 2.05) is 18.2 Å². The molecule has 0 aliphatic heterocycles. The van der Waals surface area contributed by atoms with Crippen molar-refractivity contribution in [1.29, 1.82) is 5.26 Å². The van der Waals surface area contributed by atoms with Gasteiger partial charge in [0.05, 0.1) is 11.6 Å². The lowest BCUT2D eigenvalue weighted by Gasteiger charge is -2.24. The quantitative estimate of drug-likeness (QED) is 0.873. The maximum atomic E-state index is 8.85. The molecule has 0 saturated heterocycles. The molecule has 1 N–H and O–H groups in total. The van der Waals surface area contributed by atoms with Gasteiger partial charge in [-0.15, -0.1) is 11.3 Å². The second kappa shape index (κ2) is 5.77. The number of hydrogen-bond donors (Lipinski definition) is 1. The molecule has 19 heavy (non-hydrogen) atoms. The Morgan fingerprint density at radius 1 is 1.37 bits per heavy atom. The normalized spacial score (nSPS) is 11.1. The predicted molar refractivity (Wildman–Crippen MR) is 84.7 cm³/mol. The average molecular weight is 335 g/mol. The van der Waals surface area contributed by atoms with Gasteiger partial charge in [0.2, 0.25) is 0 Å². The summed E-state index contributed by atoms with van der Waals surface area (Å²) in [6, 6.07) is 12.0. The molecule has 98 valence electrons. The molecule has 2 nitrogen and oxygen atoms in total. The number of anilines is 1. The summed E-state index contributed by atoms with van der Waals surface area (Å²) >= 11 is 5.27. The summed E-state index contributed by atoms with van der Waals surface area (Å²) < 4.78 is 0.925. The maximum Gasteiger partial charge on any atom is 0.0992 e. The molecule has 0 aliphatic rings. The Morgan fingerprint density at radius 2 is 2.16 bits per heavy atom. The third-order valence-corrected chi connectivity index (χ3v) is 4.90. The van der Waals surface area contributed by atoms with E-state index in [2.05, 4.69) is 58.7 Å². The SMILES string of the molecule is CC(C)(CNc1ccc(C#N)cc1Br)c1cccs1. The van der Waals surface area contributed by atoms with Gasteiger partial charge in [-0.05, 0) is 45.6 Å². The highest BCUT2D eigenvalue weighted by atomic mass is 79.9. The molecule has 0 radical (unpaired) electrons. The van der Waals surface area contributed by atoms with Crippen LogP contribution in [0.1, 0.15) is 24.3 Å². The standard InChI is InChI=1S/C15H15BrN2S/c1-15(2,14-4-3-7-19-14)10-18-13-6-5-11(9-17)8-12(13)16/h3-8,18H,10H2,1-2H3. The van der Waals surface area contributed by atoms with Gasteiger partial charge in [-0.2, -0.15) is 5.26 Å². The monoisotopic (exact) mass is 334 g/mol. The third kappa shape index (κ3) is 3.37. The fourth-order valence-electron chi connectivity index (χ4n) is 1.79. The Balaban J connectivity index is 2.09. The number of benzene rings is 1. The smallest absolute Gasteiger partial charge is 0.0992 e. The van der Waals surface area contributed by atoms with Crippen LogP contribution in [0, 0.1) is 11.3 Å². The minimum Gasteiger partial charge on any atom is -0.383 e. The van der Waals surface area contributed by atoms with Crippen LogP contribution < -0.4 is 5.32 Å². The van der Waals surface area contributed by atoms with Crippen molar-refractivity contribution < 1.29 is 0 Å². The predicted octanol–water partition coefficient (Wildman–Crippen LogP) is 4.77. The van der Waals surface area contributed by atoms with Gasteiger partial charge in [0.15, 0.2) is 0 Å². The van der Waals surface area contributed by atoms with Crippen molar-refractivity contribution in [3.8, 4) is 6.07 Å². The van der Waals surface area contributed by atoms with E-state index in [0.29, 0.717) is 5.56 Å². The highest BCUT2D eigenvalue weighted by molar-refractivity contribution is 9.10. The highest BCUT2D eigenvalue weighted by Gasteiger charge is 2.21. The number of rotatable bonds is 4. The Kier molecular flexibility index (Phi) is 4.28. The zero-order valence-corrected chi connectivity index (χ0v) is 13.3. The molecular weight excluding hydrogens is 320 g/mol. The Morgan fingerprint density at radius 3 is 2.74 bits per heavy atom. The van der Waals surface area contributed by atoms with Gasteiger partial charge in [0.1, 0.15) is 0 Å². The van der Waals surface area contributed by atoms with Crippen LogP contribution in [0.3, 0.4) is 0 Å². The summed E-state index contributed by atoms with van der Waals surface area (Å²) in [5.41, 5.74) is 1.76. The van der Waals surface area contributed by atoms with Crippen molar-refractivity contribution in [1.82, 2.24) is 0 Å². The van der Waals surface area contributed by atoms with Gasteiger partial charge in [0.25, 0.3) is 0 Å². The van der Waals surface area contributed by atoms with Gasteiger partial charge in [-0.3, -0.25) is 0 Å². The molecule has 2 aromatic rings. The lowest BCUT2D eigenvalue weighted by Crippen LogP contribution is -2.26. The molecule has 0 saturated carbocycles. The van der Waals surface area contributed by atoms with E-state index >= 15 is 0 Å². The Bertz CT molecular complexity index is 597. The number of nitrogens with one attached hydrogen (secondary N) is 1. The molecule has 1 heterocycles. The van der Waals surface area contributed by atoms with E-state index in [-0.39, 0.29) is 5.41 Å². The molecule has 0 amide bonds. The molecule has 1 aromatic heterocycles. The molecule has 0 unspecified atom stereocenters. The van der Waals surface area contributed by atoms with Crippen LogP contribution in [0.2, 0.25) is 0 Å². The minimum atomic E-state index is 0.0848. The van der Waals surface area contributed by atoms with Crippen LogP contribution in [0.4, 0.5) is 5.69 Å². The summed E-state index contributed by atoms with van der Waals surface area (Å²) in [5.74, 6) is 0. The van der Waals surface area contributed by atoms with E-state index in [1.165, 1.54) is 4.88 Å². The number of thiophene rings is 1. The van der Waals surface area contributed by atoms with Crippen LogP contribution in [-0.4, -0.2) is 6.54 Å². The van der Waals surface area contributed by atoms with E-state index < -0.39 is 0 Å². The van der Waals surface area contributed by atoms with Crippen LogP contribution in [0.15, 0.2) is 40.2 Å². The zero-order valence-electron chi connectivity index (χ0n) is 10.9. The van der Waals surface area contributed by atoms with Gasteiger partial charge in [-0.25, -0.2) is 0 Å². The molecule has 2 rings (SSSR count). The van der Waals surface area contributed by atoms with E-state index in [1.54, 1.807) is 11.3 Å². The first kappa shape index (κ1) is 14.1. The summed E-state index contributed by atoms with van der Waals surface area (Å²) in [6.07, 6.45) is 0. The zero-order chi connectivity index (χ0) is 13.9. The molecule has 0 fully saturated rings. The second-order valence-electron chi connectivity index (χ2n) is 5.02. The fraction of sp³-hybridized carbons (Fsp3) is 0.267. The molecule has 1 aromatic carbocycles. The number of halogens is 1. The van der Waals surface area contributed by atoms with Gasteiger partial charge in [0, 0.05) is 27.0 Å². The van der Waals surface area contributed by atoms with Crippen molar-refractivity contribution in [2.24, 2.45) is 0 Å². The molecule has 0 aliphatic carbocycles. The number of nitrogens with zero attached hydrogens (tertiary/aromatic N) is 1. The van der Waals surface area contributed by atoms with E-state index in [4.69, 9.17) is 5.26 Å². The fourth-order valence-corrected chi connectivity index (χ4v) is 3.17. The summed E-state index contributed by atoms with van der Waals surface area (Å²) in [5, 5.41) is 14.4. The second-order valence-corrected chi connectivity index (χ2v) is 6.82. The first-order valence-corrected chi connectivity index (χ1v) is 7.68. The van der Waals surface area contributed by atoms with Crippen molar-refractivity contribution in [3.63, 3.8) is 0 Å². The summed E-state index contributed by atoms with van der Waals surface area (Å²) in [7, 11) is 0. The highest BCUT2D eigenvalue weighted by Crippen LogP contribution is 2.29. The topological polar surface area (TPSA) is 35.8 Å². The van der Waals surface area contributed by atoms with E-state index in [0.717, 1.165) is 16.7 Å². The van der Waals surface area contributed by atoms with Crippen LogP contribution >= 0.6 is 27.3 Å². The average Bonchev–Trinajstić information content (AvgIpc) is 2.92. The van der Waals surface area contributed by atoms with Crippen LogP contribution in [0.25, 0.3) is 0 Å².